The van der Waals surface area contributed by atoms with Crippen LogP contribution in [0.1, 0.15) is 24.0 Å². The summed E-state index contributed by atoms with van der Waals surface area (Å²) in [4.78, 5) is 0. The third-order valence-corrected chi connectivity index (χ3v) is 4.29. The molecule has 0 atom stereocenters. The lowest BCUT2D eigenvalue weighted by atomic mass is 9.66. The van der Waals surface area contributed by atoms with Gasteiger partial charge in [0, 0.05) is 0 Å². The Hall–Kier alpha value is -1.40. The van der Waals surface area contributed by atoms with Crippen LogP contribution in [-0.2, 0) is 10.2 Å². The Morgan fingerprint density at radius 2 is 2.06 bits per heavy atom. The first-order chi connectivity index (χ1) is 8.13. The predicted octanol–water partition coefficient (Wildman–Crippen LogP) is 2.71. The van der Waals surface area contributed by atoms with Crippen LogP contribution in [0.5, 0.6) is 0 Å². The van der Waals surface area contributed by atoms with Crippen LogP contribution in [0.25, 0.3) is 0 Å². The summed E-state index contributed by atoms with van der Waals surface area (Å²) >= 11 is 0. The molecule has 0 amide bonds. The number of ether oxygens (including phenoxy) is 1. The second kappa shape index (κ2) is 3.30. The molecular weight excluding hydrogens is 217 g/mol. The van der Waals surface area contributed by atoms with Crippen LogP contribution in [0.15, 0.2) is 18.2 Å². The minimum atomic E-state index is -0.268. The monoisotopic (exact) mass is 231 g/mol. The zero-order chi connectivity index (χ0) is 12.1. The summed E-state index contributed by atoms with van der Waals surface area (Å²) < 4.78 is 18.7. The van der Waals surface area contributed by atoms with Gasteiger partial charge in [0.05, 0.1) is 30.1 Å². The molecule has 1 aliphatic carbocycles. The number of nitrogens with zero attached hydrogens (tertiary/aromatic N) is 1. The SMILES string of the molecule is Cc1cc(C2(C3(C#N)CC3)COC2)ccc1F. The van der Waals surface area contributed by atoms with Crippen molar-refractivity contribution in [1.29, 1.82) is 5.26 Å². The first-order valence-corrected chi connectivity index (χ1v) is 5.89. The van der Waals surface area contributed by atoms with E-state index in [-0.39, 0.29) is 16.6 Å². The van der Waals surface area contributed by atoms with Crippen molar-refractivity contribution in [2.24, 2.45) is 5.41 Å². The van der Waals surface area contributed by atoms with Crippen molar-refractivity contribution in [2.45, 2.75) is 25.2 Å². The highest BCUT2D eigenvalue weighted by Gasteiger charge is 2.64. The maximum Gasteiger partial charge on any atom is 0.126 e. The number of rotatable bonds is 2. The summed E-state index contributed by atoms with van der Waals surface area (Å²) in [7, 11) is 0. The lowest BCUT2D eigenvalue weighted by Crippen LogP contribution is -2.53. The smallest absolute Gasteiger partial charge is 0.126 e. The molecular formula is C14H14FNO. The topological polar surface area (TPSA) is 33.0 Å². The van der Waals surface area contributed by atoms with Gasteiger partial charge in [-0.15, -0.1) is 0 Å². The van der Waals surface area contributed by atoms with E-state index < -0.39 is 0 Å². The summed E-state index contributed by atoms with van der Waals surface area (Å²) in [5.74, 6) is -0.189. The van der Waals surface area contributed by atoms with Gasteiger partial charge in [-0.05, 0) is 37.0 Å². The molecule has 0 aromatic heterocycles. The number of hydrogen-bond acceptors (Lipinski definition) is 2. The van der Waals surface area contributed by atoms with E-state index in [0.717, 1.165) is 18.4 Å². The lowest BCUT2D eigenvalue weighted by Gasteiger charge is -2.45. The fourth-order valence-electron chi connectivity index (χ4n) is 2.79. The van der Waals surface area contributed by atoms with Crippen LogP contribution in [0.2, 0.25) is 0 Å². The second-order valence-electron chi connectivity index (χ2n) is 5.23. The highest BCUT2D eigenvalue weighted by atomic mass is 19.1. The first kappa shape index (κ1) is 10.7. The molecule has 0 bridgehead atoms. The Balaban J connectivity index is 2.07. The molecule has 17 heavy (non-hydrogen) atoms. The van der Waals surface area contributed by atoms with E-state index in [1.165, 1.54) is 6.07 Å². The van der Waals surface area contributed by atoms with Gasteiger partial charge in [0.2, 0.25) is 0 Å². The van der Waals surface area contributed by atoms with Crippen LogP contribution in [-0.4, -0.2) is 13.2 Å². The zero-order valence-electron chi connectivity index (χ0n) is 9.79. The summed E-state index contributed by atoms with van der Waals surface area (Å²) in [6.45, 7) is 2.94. The molecule has 0 unspecified atom stereocenters. The summed E-state index contributed by atoms with van der Waals surface area (Å²) in [5, 5.41) is 9.36. The third-order valence-electron chi connectivity index (χ3n) is 4.29. The molecule has 3 rings (SSSR count). The summed E-state index contributed by atoms with van der Waals surface area (Å²) in [6, 6.07) is 7.63. The van der Waals surface area contributed by atoms with E-state index in [4.69, 9.17) is 4.74 Å². The fourth-order valence-corrected chi connectivity index (χ4v) is 2.79. The molecule has 1 saturated heterocycles. The van der Waals surface area contributed by atoms with Gasteiger partial charge < -0.3 is 4.74 Å². The summed E-state index contributed by atoms with van der Waals surface area (Å²) in [5.41, 5.74) is 1.24. The van der Waals surface area contributed by atoms with Gasteiger partial charge in [0.25, 0.3) is 0 Å². The summed E-state index contributed by atoms with van der Waals surface area (Å²) in [6.07, 6.45) is 1.87. The normalized spacial score (nSPS) is 23.6. The Morgan fingerprint density at radius 1 is 1.35 bits per heavy atom. The predicted molar refractivity (Wildman–Crippen MR) is 60.9 cm³/mol. The van der Waals surface area contributed by atoms with E-state index >= 15 is 0 Å². The Bertz CT molecular complexity index is 509. The molecule has 3 heteroatoms. The van der Waals surface area contributed by atoms with Crippen LogP contribution in [0.4, 0.5) is 4.39 Å². The Kier molecular flexibility index (Phi) is 2.08. The van der Waals surface area contributed by atoms with Crippen molar-refractivity contribution in [3.8, 4) is 6.07 Å². The average Bonchev–Trinajstić information content (AvgIpc) is 3.03. The quantitative estimate of drug-likeness (QED) is 0.784. The largest absolute Gasteiger partial charge is 0.379 e. The van der Waals surface area contributed by atoms with E-state index in [1.807, 2.05) is 12.1 Å². The van der Waals surface area contributed by atoms with Crippen molar-refractivity contribution >= 4 is 0 Å². The van der Waals surface area contributed by atoms with Crippen LogP contribution < -0.4 is 0 Å². The van der Waals surface area contributed by atoms with Crippen molar-refractivity contribution in [3.05, 3.63) is 35.1 Å². The minimum absolute atomic E-state index is 0.189. The second-order valence-corrected chi connectivity index (χ2v) is 5.23. The van der Waals surface area contributed by atoms with E-state index in [2.05, 4.69) is 6.07 Å². The highest BCUT2D eigenvalue weighted by molar-refractivity contribution is 5.40. The van der Waals surface area contributed by atoms with Crippen LogP contribution in [0.3, 0.4) is 0 Å². The molecule has 0 N–H and O–H groups in total. The maximum absolute atomic E-state index is 13.3. The highest BCUT2D eigenvalue weighted by Crippen LogP contribution is 2.62. The van der Waals surface area contributed by atoms with Gasteiger partial charge in [-0.3, -0.25) is 0 Å². The van der Waals surface area contributed by atoms with E-state index in [9.17, 15) is 9.65 Å². The number of aryl methyl sites for hydroxylation is 1. The third kappa shape index (κ3) is 1.28. The standard InChI is InChI=1S/C14H14FNO/c1-10-6-11(2-3-12(10)15)14(8-17-9-14)13(7-16)4-5-13/h2-3,6H,4-5,8-9H2,1H3. The molecule has 2 aliphatic rings. The van der Waals surface area contributed by atoms with Gasteiger partial charge in [-0.2, -0.15) is 5.26 Å². The minimum Gasteiger partial charge on any atom is -0.379 e. The van der Waals surface area contributed by atoms with Gasteiger partial charge in [-0.1, -0.05) is 12.1 Å². The lowest BCUT2D eigenvalue weighted by molar-refractivity contribution is -0.0867. The molecule has 1 saturated carbocycles. The Morgan fingerprint density at radius 3 is 2.47 bits per heavy atom. The van der Waals surface area contributed by atoms with Crippen LogP contribution in [0, 0.1) is 29.5 Å². The molecule has 0 radical (unpaired) electrons. The maximum atomic E-state index is 13.3. The molecule has 1 aromatic rings. The van der Waals surface area contributed by atoms with Gasteiger partial charge in [-0.25, -0.2) is 4.39 Å². The van der Waals surface area contributed by atoms with Gasteiger partial charge >= 0.3 is 0 Å². The number of halogens is 1. The molecule has 1 heterocycles. The molecule has 1 aromatic carbocycles. The Labute approximate surface area is 100 Å². The molecule has 2 fully saturated rings. The van der Waals surface area contributed by atoms with Crippen molar-refractivity contribution in [2.75, 3.05) is 13.2 Å². The average molecular weight is 231 g/mol. The molecule has 1 aliphatic heterocycles. The molecule has 2 nitrogen and oxygen atoms in total. The van der Waals surface area contributed by atoms with Gasteiger partial charge in [0.1, 0.15) is 5.82 Å². The van der Waals surface area contributed by atoms with Gasteiger partial charge in [0.15, 0.2) is 0 Å². The number of benzene rings is 1. The number of hydrogen-bond donors (Lipinski definition) is 0. The fraction of sp³-hybridized carbons (Fsp3) is 0.500. The zero-order valence-corrected chi connectivity index (χ0v) is 9.79. The first-order valence-electron chi connectivity index (χ1n) is 5.89. The molecule has 88 valence electrons. The van der Waals surface area contributed by atoms with E-state index in [1.54, 1.807) is 6.92 Å². The number of nitriles is 1. The van der Waals surface area contributed by atoms with E-state index in [0.29, 0.717) is 18.8 Å². The van der Waals surface area contributed by atoms with Crippen molar-refractivity contribution < 1.29 is 9.13 Å². The van der Waals surface area contributed by atoms with Crippen molar-refractivity contribution in [3.63, 3.8) is 0 Å². The van der Waals surface area contributed by atoms with Crippen molar-refractivity contribution in [1.82, 2.24) is 0 Å². The van der Waals surface area contributed by atoms with Crippen LogP contribution >= 0.6 is 0 Å². The molecule has 0 spiro atoms.